The van der Waals surface area contributed by atoms with E-state index in [4.69, 9.17) is 10.2 Å². The second-order valence-electron chi connectivity index (χ2n) is 2.95. The Balaban J connectivity index is 2.60. The summed E-state index contributed by atoms with van der Waals surface area (Å²) in [4.78, 5) is 10.9. The zero-order valence-electron chi connectivity index (χ0n) is 7.95. The SMILES string of the molecule is CCC(=O)NCc1ccc(O)c(O)c1. The van der Waals surface area contributed by atoms with Gasteiger partial charge >= 0.3 is 0 Å². The first-order chi connectivity index (χ1) is 6.63. The number of nitrogens with one attached hydrogen (secondary N) is 1. The van der Waals surface area contributed by atoms with Gasteiger partial charge in [-0.3, -0.25) is 4.79 Å². The molecular formula is C10H13NO3. The van der Waals surface area contributed by atoms with Crippen LogP contribution >= 0.6 is 0 Å². The van der Waals surface area contributed by atoms with Crippen LogP contribution < -0.4 is 5.32 Å². The molecule has 0 unspecified atom stereocenters. The van der Waals surface area contributed by atoms with E-state index >= 15 is 0 Å². The van der Waals surface area contributed by atoms with E-state index in [1.807, 2.05) is 0 Å². The van der Waals surface area contributed by atoms with Crippen LogP contribution in [0.2, 0.25) is 0 Å². The van der Waals surface area contributed by atoms with Crippen LogP contribution in [0.4, 0.5) is 0 Å². The predicted octanol–water partition coefficient (Wildman–Crippen LogP) is 1.12. The van der Waals surface area contributed by atoms with E-state index in [9.17, 15) is 4.79 Å². The highest BCUT2D eigenvalue weighted by molar-refractivity contribution is 5.75. The molecule has 0 fully saturated rings. The van der Waals surface area contributed by atoms with Gasteiger partial charge in [-0.2, -0.15) is 0 Å². The van der Waals surface area contributed by atoms with Crippen molar-refractivity contribution < 1.29 is 15.0 Å². The van der Waals surface area contributed by atoms with Crippen molar-refractivity contribution in [2.75, 3.05) is 0 Å². The molecule has 0 atom stereocenters. The van der Waals surface area contributed by atoms with Crippen LogP contribution in [0.1, 0.15) is 18.9 Å². The Morgan fingerprint density at radius 3 is 2.64 bits per heavy atom. The summed E-state index contributed by atoms with van der Waals surface area (Å²) in [5.41, 5.74) is 0.752. The van der Waals surface area contributed by atoms with Gasteiger partial charge in [-0.1, -0.05) is 13.0 Å². The predicted molar refractivity (Wildman–Crippen MR) is 51.9 cm³/mol. The molecule has 4 heteroatoms. The molecular weight excluding hydrogens is 182 g/mol. The number of hydrogen-bond acceptors (Lipinski definition) is 3. The van der Waals surface area contributed by atoms with E-state index in [1.165, 1.54) is 12.1 Å². The number of phenols is 2. The van der Waals surface area contributed by atoms with Gasteiger partial charge in [-0.05, 0) is 17.7 Å². The third-order valence-electron chi connectivity index (χ3n) is 1.85. The molecule has 0 heterocycles. The average Bonchev–Trinajstić information content (AvgIpc) is 2.19. The maximum absolute atomic E-state index is 10.9. The van der Waals surface area contributed by atoms with Crippen molar-refractivity contribution in [1.82, 2.24) is 5.32 Å². The highest BCUT2D eigenvalue weighted by Gasteiger charge is 2.01. The average molecular weight is 195 g/mol. The minimum atomic E-state index is -0.173. The number of aromatic hydroxyl groups is 2. The molecule has 0 bridgehead atoms. The van der Waals surface area contributed by atoms with Crippen LogP contribution in [-0.2, 0) is 11.3 Å². The van der Waals surface area contributed by atoms with Crippen LogP contribution in [0.3, 0.4) is 0 Å². The molecule has 0 aliphatic heterocycles. The molecule has 0 saturated carbocycles. The van der Waals surface area contributed by atoms with Gasteiger partial charge in [-0.25, -0.2) is 0 Å². The van der Waals surface area contributed by atoms with E-state index in [1.54, 1.807) is 13.0 Å². The summed E-state index contributed by atoms with van der Waals surface area (Å²) in [6, 6.07) is 4.46. The van der Waals surface area contributed by atoms with Gasteiger partial charge in [0.1, 0.15) is 0 Å². The van der Waals surface area contributed by atoms with Gasteiger partial charge in [0, 0.05) is 13.0 Å². The summed E-state index contributed by atoms with van der Waals surface area (Å²) in [5, 5.41) is 20.9. The smallest absolute Gasteiger partial charge is 0.219 e. The number of benzene rings is 1. The lowest BCUT2D eigenvalue weighted by atomic mass is 10.2. The lowest BCUT2D eigenvalue weighted by Crippen LogP contribution is -2.21. The second-order valence-corrected chi connectivity index (χ2v) is 2.95. The molecule has 3 N–H and O–H groups in total. The summed E-state index contributed by atoms with van der Waals surface area (Å²) in [5.74, 6) is -0.374. The molecule has 0 aliphatic rings. The van der Waals surface area contributed by atoms with Gasteiger partial charge in [0.15, 0.2) is 11.5 Å². The van der Waals surface area contributed by atoms with E-state index in [2.05, 4.69) is 5.32 Å². The van der Waals surface area contributed by atoms with Crippen molar-refractivity contribution in [3.63, 3.8) is 0 Å². The second kappa shape index (κ2) is 4.50. The first-order valence-electron chi connectivity index (χ1n) is 4.41. The van der Waals surface area contributed by atoms with Crippen molar-refractivity contribution in [3.8, 4) is 11.5 Å². The van der Waals surface area contributed by atoms with Gasteiger partial charge < -0.3 is 15.5 Å². The number of amides is 1. The van der Waals surface area contributed by atoms with Crippen LogP contribution in [0.25, 0.3) is 0 Å². The summed E-state index contributed by atoms with van der Waals surface area (Å²) in [6.07, 6.45) is 0.435. The monoisotopic (exact) mass is 195 g/mol. The van der Waals surface area contributed by atoms with E-state index < -0.39 is 0 Å². The Morgan fingerprint density at radius 1 is 1.36 bits per heavy atom. The van der Waals surface area contributed by atoms with Gasteiger partial charge in [0.05, 0.1) is 0 Å². The Morgan fingerprint density at radius 2 is 2.07 bits per heavy atom. The molecule has 0 aliphatic carbocycles. The first-order valence-corrected chi connectivity index (χ1v) is 4.41. The minimum Gasteiger partial charge on any atom is -0.504 e. The first kappa shape index (κ1) is 10.4. The molecule has 1 aromatic carbocycles. The van der Waals surface area contributed by atoms with E-state index in [-0.39, 0.29) is 17.4 Å². The van der Waals surface area contributed by atoms with Gasteiger partial charge in [0.2, 0.25) is 5.91 Å². The zero-order chi connectivity index (χ0) is 10.6. The lowest BCUT2D eigenvalue weighted by Gasteiger charge is -2.04. The Hall–Kier alpha value is -1.71. The number of phenolic OH excluding ortho intramolecular Hbond substituents is 2. The maximum atomic E-state index is 10.9. The summed E-state index contributed by atoms with van der Waals surface area (Å²) in [7, 11) is 0. The zero-order valence-corrected chi connectivity index (χ0v) is 7.95. The van der Waals surface area contributed by atoms with Crippen LogP contribution in [-0.4, -0.2) is 16.1 Å². The Labute approximate surface area is 82.2 Å². The number of rotatable bonds is 3. The van der Waals surface area contributed by atoms with Gasteiger partial charge in [-0.15, -0.1) is 0 Å². The van der Waals surface area contributed by atoms with Crippen LogP contribution in [0.15, 0.2) is 18.2 Å². The Bertz CT molecular complexity index is 336. The fourth-order valence-corrected chi connectivity index (χ4v) is 1.00. The summed E-state index contributed by atoms with van der Waals surface area (Å²) >= 11 is 0. The van der Waals surface area contributed by atoms with E-state index in [0.717, 1.165) is 5.56 Å². The maximum Gasteiger partial charge on any atom is 0.219 e. The molecule has 76 valence electrons. The third kappa shape index (κ3) is 2.65. The normalized spacial score (nSPS) is 9.79. The topological polar surface area (TPSA) is 69.6 Å². The Kier molecular flexibility index (Phi) is 3.34. The molecule has 0 spiro atoms. The van der Waals surface area contributed by atoms with Crippen molar-refractivity contribution in [3.05, 3.63) is 23.8 Å². The standard InChI is InChI=1S/C10H13NO3/c1-2-10(14)11-6-7-3-4-8(12)9(13)5-7/h3-5,12-13H,2,6H2,1H3,(H,11,14). The molecule has 1 aromatic rings. The fourth-order valence-electron chi connectivity index (χ4n) is 1.00. The number of carbonyl (C=O) groups is 1. The number of hydrogen-bond donors (Lipinski definition) is 3. The molecule has 0 radical (unpaired) electrons. The summed E-state index contributed by atoms with van der Waals surface area (Å²) < 4.78 is 0. The van der Waals surface area contributed by atoms with Crippen LogP contribution in [0, 0.1) is 0 Å². The lowest BCUT2D eigenvalue weighted by molar-refractivity contribution is -0.120. The van der Waals surface area contributed by atoms with Crippen molar-refractivity contribution in [1.29, 1.82) is 0 Å². The fraction of sp³-hybridized carbons (Fsp3) is 0.300. The molecule has 0 saturated heterocycles. The van der Waals surface area contributed by atoms with Crippen molar-refractivity contribution in [2.45, 2.75) is 19.9 Å². The van der Waals surface area contributed by atoms with Crippen molar-refractivity contribution in [2.24, 2.45) is 0 Å². The summed E-state index contributed by atoms with van der Waals surface area (Å²) in [6.45, 7) is 2.13. The molecule has 4 nitrogen and oxygen atoms in total. The highest BCUT2D eigenvalue weighted by atomic mass is 16.3. The van der Waals surface area contributed by atoms with Crippen LogP contribution in [0.5, 0.6) is 11.5 Å². The largest absolute Gasteiger partial charge is 0.504 e. The molecule has 1 amide bonds. The molecule has 0 aromatic heterocycles. The van der Waals surface area contributed by atoms with E-state index in [0.29, 0.717) is 13.0 Å². The molecule has 14 heavy (non-hydrogen) atoms. The molecule has 1 rings (SSSR count). The highest BCUT2D eigenvalue weighted by Crippen LogP contribution is 2.24. The third-order valence-corrected chi connectivity index (χ3v) is 1.85. The quantitative estimate of drug-likeness (QED) is 0.633. The van der Waals surface area contributed by atoms with Crippen molar-refractivity contribution >= 4 is 5.91 Å². The minimum absolute atomic E-state index is 0.0439. The van der Waals surface area contributed by atoms with Gasteiger partial charge in [0.25, 0.3) is 0 Å². The number of carbonyl (C=O) groups excluding carboxylic acids is 1.